The number of nitrogens with two attached hydrogens (primary N) is 1. The summed E-state index contributed by atoms with van der Waals surface area (Å²) in [6, 6.07) is -1.85. The minimum absolute atomic E-state index is 0.230. The Bertz CT molecular complexity index is 279. The molecule has 5 unspecified atom stereocenters. The zero-order chi connectivity index (χ0) is 13.7. The molecule has 0 radical (unpaired) electrons. The number of ether oxygens (including phenoxy) is 1. The van der Waals surface area contributed by atoms with Crippen molar-refractivity contribution in [1.82, 2.24) is 10.6 Å². The summed E-state index contributed by atoms with van der Waals surface area (Å²) in [5.74, 6) is 0. The van der Waals surface area contributed by atoms with E-state index in [2.05, 4.69) is 10.6 Å². The lowest BCUT2D eigenvalue weighted by atomic mass is 9.97. The summed E-state index contributed by atoms with van der Waals surface area (Å²) in [4.78, 5) is 11.3. The maximum absolute atomic E-state index is 11.3. The van der Waals surface area contributed by atoms with E-state index in [0.717, 1.165) is 0 Å². The van der Waals surface area contributed by atoms with E-state index in [1.807, 2.05) is 0 Å². The van der Waals surface area contributed by atoms with Gasteiger partial charge in [-0.3, -0.25) is 0 Å². The number of rotatable bonds is 4. The predicted octanol–water partition coefficient (Wildman–Crippen LogP) is -3.96. The van der Waals surface area contributed by atoms with E-state index >= 15 is 0 Å². The van der Waals surface area contributed by atoms with Gasteiger partial charge in [0.05, 0.1) is 6.61 Å². The summed E-state index contributed by atoms with van der Waals surface area (Å²) < 4.78 is 4.86. The highest BCUT2D eigenvalue weighted by Gasteiger charge is 2.44. The second-order valence-electron chi connectivity index (χ2n) is 3.94. The summed E-state index contributed by atoms with van der Waals surface area (Å²) in [5.41, 5.74) is 5.19. The van der Waals surface area contributed by atoms with Crippen molar-refractivity contribution >= 4 is 6.03 Å². The SMILES string of the molecule is NCCNC(=O)NC1C(O)OC(CO)C(O)C1O. The summed E-state index contributed by atoms with van der Waals surface area (Å²) in [6.45, 7) is -0.0797. The van der Waals surface area contributed by atoms with Crippen LogP contribution in [0.1, 0.15) is 0 Å². The van der Waals surface area contributed by atoms with E-state index in [4.69, 9.17) is 15.6 Å². The van der Waals surface area contributed by atoms with Crippen molar-refractivity contribution in [2.24, 2.45) is 5.73 Å². The topological polar surface area (TPSA) is 157 Å². The number of carbonyl (C=O) groups is 1. The third kappa shape index (κ3) is 3.51. The van der Waals surface area contributed by atoms with Gasteiger partial charge in [-0.2, -0.15) is 0 Å². The molecule has 1 fully saturated rings. The number of amides is 2. The second kappa shape index (κ2) is 6.83. The van der Waals surface area contributed by atoms with Crippen molar-refractivity contribution in [2.75, 3.05) is 19.7 Å². The van der Waals surface area contributed by atoms with Crippen molar-refractivity contribution < 1.29 is 30.0 Å². The van der Waals surface area contributed by atoms with Crippen LogP contribution in [-0.2, 0) is 4.74 Å². The van der Waals surface area contributed by atoms with Crippen LogP contribution in [0.25, 0.3) is 0 Å². The van der Waals surface area contributed by atoms with Gasteiger partial charge in [0, 0.05) is 13.1 Å². The van der Waals surface area contributed by atoms with Crippen molar-refractivity contribution in [3.63, 3.8) is 0 Å². The van der Waals surface area contributed by atoms with Crippen LogP contribution in [0.3, 0.4) is 0 Å². The number of aliphatic hydroxyl groups excluding tert-OH is 4. The van der Waals surface area contributed by atoms with E-state index in [1.54, 1.807) is 0 Å². The Morgan fingerprint density at radius 3 is 2.50 bits per heavy atom. The van der Waals surface area contributed by atoms with Crippen LogP contribution >= 0.6 is 0 Å². The normalized spacial score (nSPS) is 36.2. The van der Waals surface area contributed by atoms with Gasteiger partial charge in [-0.25, -0.2) is 4.79 Å². The zero-order valence-electron chi connectivity index (χ0n) is 9.69. The molecule has 0 bridgehead atoms. The van der Waals surface area contributed by atoms with Gasteiger partial charge in [0.25, 0.3) is 0 Å². The van der Waals surface area contributed by atoms with Gasteiger partial charge in [0.1, 0.15) is 24.4 Å². The first-order valence-corrected chi connectivity index (χ1v) is 5.56. The van der Waals surface area contributed by atoms with Crippen LogP contribution < -0.4 is 16.4 Å². The van der Waals surface area contributed by atoms with Gasteiger partial charge >= 0.3 is 6.03 Å². The van der Waals surface area contributed by atoms with E-state index in [9.17, 15) is 20.1 Å². The highest BCUT2D eigenvalue weighted by atomic mass is 16.6. The Hall–Kier alpha value is -0.970. The molecule has 8 N–H and O–H groups in total. The summed E-state index contributed by atoms with van der Waals surface area (Å²) in [7, 11) is 0. The zero-order valence-corrected chi connectivity index (χ0v) is 9.69. The fraction of sp³-hybridized carbons (Fsp3) is 0.889. The minimum atomic E-state index is -1.52. The molecule has 0 aliphatic carbocycles. The quantitative estimate of drug-likeness (QED) is 0.273. The predicted molar refractivity (Wildman–Crippen MR) is 59.4 cm³/mol. The molecule has 9 nitrogen and oxygen atoms in total. The van der Waals surface area contributed by atoms with Crippen LogP contribution in [0.5, 0.6) is 0 Å². The molecule has 1 aliphatic heterocycles. The number of nitrogens with one attached hydrogen (secondary N) is 2. The van der Waals surface area contributed by atoms with E-state index in [0.29, 0.717) is 0 Å². The molecule has 9 heteroatoms. The Morgan fingerprint density at radius 1 is 1.28 bits per heavy atom. The highest BCUT2D eigenvalue weighted by Crippen LogP contribution is 2.19. The average molecular weight is 265 g/mol. The van der Waals surface area contributed by atoms with Crippen LogP contribution in [0.4, 0.5) is 4.79 Å². The van der Waals surface area contributed by atoms with Gasteiger partial charge < -0.3 is 41.5 Å². The first-order valence-electron chi connectivity index (χ1n) is 5.56. The highest BCUT2D eigenvalue weighted by molar-refractivity contribution is 5.74. The van der Waals surface area contributed by atoms with Crippen molar-refractivity contribution in [3.05, 3.63) is 0 Å². The smallest absolute Gasteiger partial charge is 0.315 e. The fourth-order valence-corrected chi connectivity index (χ4v) is 1.64. The largest absolute Gasteiger partial charge is 0.394 e. The summed E-state index contributed by atoms with van der Waals surface area (Å²) in [6.07, 6.45) is -5.47. The number of hydrogen-bond donors (Lipinski definition) is 7. The summed E-state index contributed by atoms with van der Waals surface area (Å²) in [5, 5.41) is 42.3. The standard InChI is InChI=1S/C9H19N3O6/c10-1-2-11-9(17)12-5-7(15)6(14)4(3-13)18-8(5)16/h4-8,13-16H,1-3,10H2,(H2,11,12,17). The lowest BCUT2D eigenvalue weighted by molar-refractivity contribution is -0.252. The number of hydrogen-bond acceptors (Lipinski definition) is 7. The van der Waals surface area contributed by atoms with E-state index in [-0.39, 0.29) is 13.1 Å². The molecule has 0 aromatic rings. The molecule has 0 spiro atoms. The molecule has 0 saturated carbocycles. The average Bonchev–Trinajstić information content (AvgIpc) is 2.36. The molecular formula is C9H19N3O6. The molecule has 0 aromatic heterocycles. The maximum Gasteiger partial charge on any atom is 0.315 e. The van der Waals surface area contributed by atoms with Crippen molar-refractivity contribution in [1.29, 1.82) is 0 Å². The minimum Gasteiger partial charge on any atom is -0.394 e. The molecular weight excluding hydrogens is 246 g/mol. The summed E-state index contributed by atoms with van der Waals surface area (Å²) >= 11 is 0. The van der Waals surface area contributed by atoms with Crippen molar-refractivity contribution in [2.45, 2.75) is 30.6 Å². The first kappa shape index (κ1) is 15.1. The Labute approximate surface area is 104 Å². The Kier molecular flexibility index (Phi) is 5.72. The monoisotopic (exact) mass is 265 g/mol. The van der Waals surface area contributed by atoms with Gasteiger partial charge in [-0.15, -0.1) is 0 Å². The molecule has 1 aliphatic rings. The van der Waals surface area contributed by atoms with Crippen LogP contribution in [-0.4, -0.2) is 76.8 Å². The van der Waals surface area contributed by atoms with Gasteiger partial charge in [-0.1, -0.05) is 0 Å². The Balaban J connectivity index is 2.57. The molecule has 5 atom stereocenters. The lowest BCUT2D eigenvalue weighted by Gasteiger charge is -2.40. The van der Waals surface area contributed by atoms with Gasteiger partial charge in [0.2, 0.25) is 0 Å². The van der Waals surface area contributed by atoms with E-state index in [1.165, 1.54) is 0 Å². The molecule has 2 amide bonds. The molecule has 18 heavy (non-hydrogen) atoms. The van der Waals surface area contributed by atoms with Crippen LogP contribution in [0.2, 0.25) is 0 Å². The third-order valence-electron chi connectivity index (χ3n) is 2.63. The lowest BCUT2D eigenvalue weighted by Crippen LogP contribution is -2.65. The second-order valence-corrected chi connectivity index (χ2v) is 3.94. The molecule has 0 aromatic carbocycles. The maximum atomic E-state index is 11.3. The molecule has 1 heterocycles. The number of aliphatic hydroxyl groups is 4. The molecule has 1 rings (SSSR count). The van der Waals surface area contributed by atoms with Crippen LogP contribution in [0, 0.1) is 0 Å². The van der Waals surface area contributed by atoms with E-state index < -0.39 is 43.3 Å². The third-order valence-corrected chi connectivity index (χ3v) is 2.63. The Morgan fingerprint density at radius 2 is 1.94 bits per heavy atom. The number of carbonyl (C=O) groups excluding carboxylic acids is 1. The first-order chi connectivity index (χ1) is 8.51. The molecule has 106 valence electrons. The number of urea groups is 1. The van der Waals surface area contributed by atoms with Gasteiger partial charge in [0.15, 0.2) is 6.29 Å². The van der Waals surface area contributed by atoms with Gasteiger partial charge in [-0.05, 0) is 0 Å². The van der Waals surface area contributed by atoms with Crippen molar-refractivity contribution in [3.8, 4) is 0 Å². The van der Waals surface area contributed by atoms with Crippen LogP contribution in [0.15, 0.2) is 0 Å². The fourth-order valence-electron chi connectivity index (χ4n) is 1.64. The molecule has 1 saturated heterocycles.